The Bertz CT molecular complexity index is 303. The van der Waals surface area contributed by atoms with Crippen LogP contribution in [0, 0.1) is 6.92 Å². The highest BCUT2D eigenvalue weighted by Crippen LogP contribution is 2.12. The van der Waals surface area contributed by atoms with Crippen molar-refractivity contribution in [3.63, 3.8) is 0 Å². The minimum Gasteiger partial charge on any atom is -0.491 e. The van der Waals surface area contributed by atoms with Crippen molar-refractivity contribution in [2.45, 2.75) is 39.4 Å². The van der Waals surface area contributed by atoms with E-state index in [2.05, 4.69) is 24.4 Å². The summed E-state index contributed by atoms with van der Waals surface area (Å²) in [6.45, 7) is 7.90. The van der Waals surface area contributed by atoms with Crippen LogP contribution in [0.4, 0.5) is 0 Å². The lowest BCUT2D eigenvalue weighted by atomic mass is 10.2. The first-order chi connectivity index (χ1) is 8.08. The van der Waals surface area contributed by atoms with Crippen LogP contribution in [0.15, 0.2) is 24.3 Å². The second-order valence-electron chi connectivity index (χ2n) is 4.63. The average Bonchev–Trinajstić information content (AvgIpc) is 2.73. The van der Waals surface area contributed by atoms with Gasteiger partial charge in [0.25, 0.3) is 0 Å². The smallest absolute Gasteiger partial charge is 0.119 e. The largest absolute Gasteiger partial charge is 0.491 e. The number of hydrogen-bond donors (Lipinski definition) is 2. The zero-order chi connectivity index (χ0) is 12.7. The first-order valence-electron chi connectivity index (χ1n) is 6.20. The van der Waals surface area contributed by atoms with Crippen LogP contribution in [0.25, 0.3) is 0 Å². The van der Waals surface area contributed by atoms with E-state index in [9.17, 15) is 0 Å². The molecule has 0 unspecified atom stereocenters. The molecule has 0 amide bonds. The number of aliphatic hydroxyl groups excluding tert-OH is 1. The van der Waals surface area contributed by atoms with Gasteiger partial charge in [0.2, 0.25) is 0 Å². The van der Waals surface area contributed by atoms with Gasteiger partial charge < -0.3 is 15.2 Å². The minimum absolute atomic E-state index is 0.0648. The number of benzene rings is 1. The van der Waals surface area contributed by atoms with Crippen molar-refractivity contribution < 1.29 is 9.84 Å². The van der Waals surface area contributed by atoms with Crippen molar-refractivity contribution in [1.29, 1.82) is 0 Å². The average molecular weight is 237 g/mol. The third-order valence-corrected chi connectivity index (χ3v) is 2.43. The summed E-state index contributed by atoms with van der Waals surface area (Å²) >= 11 is 0. The number of nitrogens with one attached hydrogen (secondary N) is 1. The van der Waals surface area contributed by atoms with E-state index in [1.54, 1.807) is 0 Å². The fraction of sp³-hybridized carbons (Fsp3) is 0.571. The van der Waals surface area contributed by atoms with Crippen LogP contribution >= 0.6 is 0 Å². The fourth-order valence-electron chi connectivity index (χ4n) is 1.53. The van der Waals surface area contributed by atoms with Gasteiger partial charge in [0.05, 0.1) is 12.2 Å². The van der Waals surface area contributed by atoms with Gasteiger partial charge >= 0.3 is 0 Å². The molecule has 1 saturated heterocycles. The Morgan fingerprint density at radius 3 is 2.29 bits per heavy atom. The third-order valence-electron chi connectivity index (χ3n) is 2.43. The van der Waals surface area contributed by atoms with Crippen molar-refractivity contribution in [1.82, 2.24) is 5.32 Å². The molecule has 0 saturated carbocycles. The fourth-order valence-corrected chi connectivity index (χ4v) is 1.53. The van der Waals surface area contributed by atoms with Gasteiger partial charge in [-0.2, -0.15) is 0 Å². The normalized spacial score (nSPS) is 18.8. The molecule has 1 heterocycles. The Balaban J connectivity index is 0.000000202. The molecule has 1 aromatic rings. The first kappa shape index (κ1) is 14.0. The van der Waals surface area contributed by atoms with Crippen LogP contribution in [0.2, 0.25) is 0 Å². The summed E-state index contributed by atoms with van der Waals surface area (Å²) in [6, 6.07) is 8.10. The molecule has 1 aliphatic rings. The highest BCUT2D eigenvalue weighted by molar-refractivity contribution is 5.26. The molecule has 1 aromatic carbocycles. The summed E-state index contributed by atoms with van der Waals surface area (Å²) < 4.78 is 5.47. The summed E-state index contributed by atoms with van der Waals surface area (Å²) in [7, 11) is 0. The summed E-state index contributed by atoms with van der Waals surface area (Å²) in [6.07, 6.45) is 1.13. The van der Waals surface area contributed by atoms with Gasteiger partial charge in [0.15, 0.2) is 0 Å². The van der Waals surface area contributed by atoms with E-state index in [0.29, 0.717) is 0 Å². The lowest BCUT2D eigenvalue weighted by Crippen LogP contribution is -2.11. The van der Waals surface area contributed by atoms with Crippen molar-refractivity contribution in [3.8, 4) is 5.75 Å². The summed E-state index contributed by atoms with van der Waals surface area (Å²) in [5.41, 5.74) is 1.26. The second kappa shape index (κ2) is 7.30. The SMILES string of the molecule is Cc1ccc(OC(C)C)cc1.O[C@@H]1CCNC1. The Kier molecular flexibility index (Phi) is 6.01. The predicted octanol–water partition coefficient (Wildman–Crippen LogP) is 2.12. The quantitative estimate of drug-likeness (QED) is 0.828. The third kappa shape index (κ3) is 6.29. The topological polar surface area (TPSA) is 41.5 Å². The second-order valence-corrected chi connectivity index (χ2v) is 4.63. The van der Waals surface area contributed by atoms with Crippen LogP contribution in [-0.4, -0.2) is 30.4 Å². The molecule has 3 heteroatoms. The number of hydrogen-bond acceptors (Lipinski definition) is 3. The molecule has 0 radical (unpaired) electrons. The van der Waals surface area contributed by atoms with Crippen molar-refractivity contribution in [2.75, 3.05) is 13.1 Å². The van der Waals surface area contributed by atoms with Crippen LogP contribution < -0.4 is 10.1 Å². The maximum atomic E-state index is 8.67. The molecule has 1 atom stereocenters. The monoisotopic (exact) mass is 237 g/mol. The molecular formula is C14H23NO2. The van der Waals surface area contributed by atoms with Crippen molar-refractivity contribution in [3.05, 3.63) is 29.8 Å². The summed E-state index contributed by atoms with van der Waals surface area (Å²) in [5, 5.41) is 11.7. The Hall–Kier alpha value is -1.06. The predicted molar refractivity (Wildman–Crippen MR) is 70.4 cm³/mol. The highest BCUT2D eigenvalue weighted by Gasteiger charge is 2.08. The number of rotatable bonds is 2. The van der Waals surface area contributed by atoms with Gasteiger partial charge in [-0.1, -0.05) is 17.7 Å². The molecular weight excluding hydrogens is 214 g/mol. The standard InChI is InChI=1S/C10H14O.C4H9NO/c1-8(2)11-10-6-4-9(3)5-7-10;6-4-1-2-5-3-4/h4-8H,1-3H3;4-6H,1-3H2/t;4-/m.1/s1. The first-order valence-corrected chi connectivity index (χ1v) is 6.20. The Labute approximate surface area is 104 Å². The molecule has 0 aliphatic carbocycles. The minimum atomic E-state index is -0.0648. The highest BCUT2D eigenvalue weighted by atomic mass is 16.5. The summed E-state index contributed by atoms with van der Waals surface area (Å²) in [4.78, 5) is 0. The molecule has 1 fully saturated rings. The van der Waals surface area contributed by atoms with Crippen LogP contribution in [0.1, 0.15) is 25.8 Å². The number of ether oxygens (including phenoxy) is 1. The van der Waals surface area contributed by atoms with E-state index in [-0.39, 0.29) is 12.2 Å². The lowest BCUT2D eigenvalue weighted by Gasteiger charge is -2.08. The summed E-state index contributed by atoms with van der Waals surface area (Å²) in [5.74, 6) is 0.950. The Morgan fingerprint density at radius 2 is 1.94 bits per heavy atom. The molecule has 96 valence electrons. The Morgan fingerprint density at radius 1 is 1.29 bits per heavy atom. The van der Waals surface area contributed by atoms with E-state index in [1.165, 1.54) is 5.56 Å². The van der Waals surface area contributed by atoms with Gasteiger partial charge in [-0.05, 0) is 45.9 Å². The molecule has 1 aliphatic heterocycles. The van der Waals surface area contributed by atoms with E-state index in [1.807, 2.05) is 26.0 Å². The molecule has 0 spiro atoms. The van der Waals surface area contributed by atoms with Crippen molar-refractivity contribution >= 4 is 0 Å². The maximum Gasteiger partial charge on any atom is 0.119 e. The number of aliphatic hydroxyl groups is 1. The van der Waals surface area contributed by atoms with Gasteiger partial charge in [0, 0.05) is 6.54 Å². The maximum absolute atomic E-state index is 8.67. The lowest BCUT2D eigenvalue weighted by molar-refractivity contribution is 0.196. The van der Waals surface area contributed by atoms with Crippen LogP contribution in [0.5, 0.6) is 5.75 Å². The molecule has 3 nitrogen and oxygen atoms in total. The van der Waals surface area contributed by atoms with E-state index < -0.39 is 0 Å². The van der Waals surface area contributed by atoms with Gasteiger partial charge in [0.1, 0.15) is 5.75 Å². The van der Waals surface area contributed by atoms with Crippen LogP contribution in [0.3, 0.4) is 0 Å². The van der Waals surface area contributed by atoms with E-state index in [4.69, 9.17) is 9.84 Å². The molecule has 17 heavy (non-hydrogen) atoms. The van der Waals surface area contributed by atoms with Gasteiger partial charge in [-0.15, -0.1) is 0 Å². The molecule has 0 aromatic heterocycles. The number of aryl methyl sites for hydroxylation is 1. The number of β-amino-alcohol motifs (C(OH)–C–C–N with tert-alkyl or cyclic N) is 1. The van der Waals surface area contributed by atoms with Crippen LogP contribution in [-0.2, 0) is 0 Å². The van der Waals surface area contributed by atoms with Crippen molar-refractivity contribution in [2.24, 2.45) is 0 Å². The van der Waals surface area contributed by atoms with E-state index >= 15 is 0 Å². The zero-order valence-corrected chi connectivity index (χ0v) is 10.9. The van der Waals surface area contributed by atoms with E-state index in [0.717, 1.165) is 25.3 Å². The molecule has 2 N–H and O–H groups in total. The molecule has 2 rings (SSSR count). The van der Waals surface area contributed by atoms with Gasteiger partial charge in [-0.3, -0.25) is 0 Å². The van der Waals surface area contributed by atoms with Gasteiger partial charge in [-0.25, -0.2) is 0 Å². The molecule has 0 bridgehead atoms. The zero-order valence-electron chi connectivity index (χ0n) is 10.9.